The van der Waals surface area contributed by atoms with E-state index in [-0.39, 0.29) is 28.7 Å². The van der Waals surface area contributed by atoms with Gasteiger partial charge in [-0.3, -0.25) is 4.79 Å². The number of thiazole rings is 1. The smallest absolute Gasteiger partial charge is 0.250 e. The van der Waals surface area contributed by atoms with Crippen LogP contribution in [0.3, 0.4) is 0 Å². The SMILES string of the molecule is C#CCn1c(=NC(=O)C(C)C)sc2cc(F)cc(F)c21. The average Bonchev–Trinajstić information content (AvgIpc) is 2.67. The lowest BCUT2D eigenvalue weighted by Crippen LogP contribution is -2.18. The maximum absolute atomic E-state index is 13.9. The van der Waals surface area contributed by atoms with Crippen molar-refractivity contribution in [2.75, 3.05) is 0 Å². The molecule has 0 aliphatic carbocycles. The van der Waals surface area contributed by atoms with Crippen molar-refractivity contribution in [2.24, 2.45) is 10.9 Å². The molecule has 1 aromatic heterocycles. The lowest BCUT2D eigenvalue weighted by molar-refractivity contribution is -0.120. The highest BCUT2D eigenvalue weighted by Gasteiger charge is 2.14. The van der Waals surface area contributed by atoms with Gasteiger partial charge in [-0.1, -0.05) is 31.1 Å². The van der Waals surface area contributed by atoms with Crippen LogP contribution in [-0.4, -0.2) is 10.5 Å². The number of halogens is 2. The molecule has 0 saturated carbocycles. The Morgan fingerprint density at radius 1 is 1.50 bits per heavy atom. The van der Waals surface area contributed by atoms with Gasteiger partial charge in [-0.05, 0) is 6.07 Å². The topological polar surface area (TPSA) is 34.4 Å². The third-order valence-electron chi connectivity index (χ3n) is 2.64. The van der Waals surface area contributed by atoms with E-state index in [0.717, 1.165) is 17.4 Å². The fourth-order valence-electron chi connectivity index (χ4n) is 1.68. The highest BCUT2D eigenvalue weighted by molar-refractivity contribution is 7.16. The highest BCUT2D eigenvalue weighted by atomic mass is 32.1. The first-order valence-electron chi connectivity index (χ1n) is 5.94. The van der Waals surface area contributed by atoms with E-state index < -0.39 is 11.6 Å². The van der Waals surface area contributed by atoms with Gasteiger partial charge in [0.1, 0.15) is 5.82 Å². The van der Waals surface area contributed by atoms with Gasteiger partial charge in [-0.15, -0.1) is 6.42 Å². The number of carbonyl (C=O) groups is 1. The number of benzene rings is 1. The maximum Gasteiger partial charge on any atom is 0.250 e. The van der Waals surface area contributed by atoms with E-state index in [2.05, 4.69) is 10.9 Å². The molecule has 1 amide bonds. The average molecular weight is 294 g/mol. The molecule has 1 aromatic carbocycles. The van der Waals surface area contributed by atoms with E-state index in [9.17, 15) is 13.6 Å². The van der Waals surface area contributed by atoms with Gasteiger partial charge in [0.05, 0.1) is 16.8 Å². The zero-order valence-electron chi connectivity index (χ0n) is 11.0. The van der Waals surface area contributed by atoms with Gasteiger partial charge in [0, 0.05) is 12.0 Å². The Morgan fingerprint density at radius 3 is 2.80 bits per heavy atom. The molecule has 0 N–H and O–H groups in total. The number of hydrogen-bond acceptors (Lipinski definition) is 2. The molecule has 0 aliphatic heterocycles. The predicted molar refractivity (Wildman–Crippen MR) is 74.0 cm³/mol. The second kappa shape index (κ2) is 5.55. The van der Waals surface area contributed by atoms with Crippen molar-refractivity contribution >= 4 is 27.5 Å². The minimum atomic E-state index is -0.718. The molecule has 1 heterocycles. The summed E-state index contributed by atoms with van der Waals surface area (Å²) < 4.78 is 28.9. The third kappa shape index (κ3) is 2.63. The number of nitrogens with zero attached hydrogens (tertiary/aromatic N) is 2. The summed E-state index contributed by atoms with van der Waals surface area (Å²) >= 11 is 1.04. The predicted octanol–water partition coefficient (Wildman–Crippen LogP) is 2.70. The Bertz CT molecular complexity index is 781. The highest BCUT2D eigenvalue weighted by Crippen LogP contribution is 2.22. The van der Waals surface area contributed by atoms with Gasteiger partial charge in [0.15, 0.2) is 10.6 Å². The molecule has 0 atom stereocenters. The molecule has 3 nitrogen and oxygen atoms in total. The Balaban J connectivity index is 2.79. The van der Waals surface area contributed by atoms with Crippen LogP contribution in [0, 0.1) is 29.9 Å². The second-order valence-corrected chi connectivity index (χ2v) is 5.52. The van der Waals surface area contributed by atoms with Gasteiger partial charge < -0.3 is 4.57 Å². The second-order valence-electron chi connectivity index (χ2n) is 4.51. The number of aromatic nitrogens is 1. The summed E-state index contributed by atoms with van der Waals surface area (Å²) in [5, 5.41) is 0. The van der Waals surface area contributed by atoms with Crippen LogP contribution in [0.15, 0.2) is 17.1 Å². The quantitative estimate of drug-likeness (QED) is 0.784. The number of terminal acetylenes is 1. The van der Waals surface area contributed by atoms with E-state index in [0.29, 0.717) is 4.70 Å². The number of amides is 1. The van der Waals surface area contributed by atoms with Crippen LogP contribution in [0.1, 0.15) is 13.8 Å². The zero-order chi connectivity index (χ0) is 14.9. The normalized spacial score (nSPS) is 12.1. The van der Waals surface area contributed by atoms with Crippen LogP contribution in [0.5, 0.6) is 0 Å². The Kier molecular flexibility index (Phi) is 4.00. The summed E-state index contributed by atoms with van der Waals surface area (Å²) in [7, 11) is 0. The van der Waals surface area contributed by atoms with E-state index in [4.69, 9.17) is 6.42 Å². The van der Waals surface area contributed by atoms with Crippen LogP contribution in [-0.2, 0) is 11.3 Å². The third-order valence-corrected chi connectivity index (χ3v) is 3.67. The number of carbonyl (C=O) groups excluding carboxylic acids is 1. The molecule has 0 aliphatic rings. The van der Waals surface area contributed by atoms with Crippen molar-refractivity contribution in [1.29, 1.82) is 0 Å². The van der Waals surface area contributed by atoms with Crippen LogP contribution in [0.25, 0.3) is 10.2 Å². The van der Waals surface area contributed by atoms with E-state index in [1.54, 1.807) is 13.8 Å². The molecule has 2 rings (SSSR count). The molecular formula is C14H12F2N2OS. The van der Waals surface area contributed by atoms with Crippen molar-refractivity contribution < 1.29 is 13.6 Å². The Hall–Kier alpha value is -2.00. The molecule has 0 bridgehead atoms. The van der Waals surface area contributed by atoms with Gasteiger partial charge in [0.2, 0.25) is 0 Å². The fraction of sp³-hybridized carbons (Fsp3) is 0.286. The number of fused-ring (bicyclic) bond motifs is 1. The lowest BCUT2D eigenvalue weighted by atomic mass is 10.2. The van der Waals surface area contributed by atoms with Crippen molar-refractivity contribution in [3.8, 4) is 12.3 Å². The first kappa shape index (κ1) is 14.4. The van der Waals surface area contributed by atoms with Crippen molar-refractivity contribution in [2.45, 2.75) is 20.4 Å². The number of hydrogen-bond donors (Lipinski definition) is 0. The number of rotatable bonds is 2. The van der Waals surface area contributed by atoms with E-state index >= 15 is 0 Å². The van der Waals surface area contributed by atoms with Crippen LogP contribution in [0.4, 0.5) is 8.78 Å². The molecule has 20 heavy (non-hydrogen) atoms. The molecular weight excluding hydrogens is 282 g/mol. The van der Waals surface area contributed by atoms with Crippen molar-refractivity contribution in [3.63, 3.8) is 0 Å². The van der Waals surface area contributed by atoms with Crippen LogP contribution < -0.4 is 4.80 Å². The minimum absolute atomic E-state index is 0.0623. The minimum Gasteiger partial charge on any atom is -0.302 e. The molecule has 104 valence electrons. The van der Waals surface area contributed by atoms with Crippen LogP contribution in [0.2, 0.25) is 0 Å². The summed E-state index contributed by atoms with van der Waals surface area (Å²) in [6, 6.07) is 1.99. The summed E-state index contributed by atoms with van der Waals surface area (Å²) in [5.41, 5.74) is 0.171. The first-order chi connectivity index (χ1) is 9.43. The molecule has 0 fully saturated rings. The summed E-state index contributed by atoms with van der Waals surface area (Å²) in [5.74, 6) is 0.385. The van der Waals surface area contributed by atoms with E-state index in [1.165, 1.54) is 10.6 Å². The first-order valence-corrected chi connectivity index (χ1v) is 6.76. The van der Waals surface area contributed by atoms with Crippen LogP contribution >= 0.6 is 11.3 Å². The molecule has 6 heteroatoms. The molecule has 0 saturated heterocycles. The van der Waals surface area contributed by atoms with Gasteiger partial charge in [-0.25, -0.2) is 8.78 Å². The fourth-order valence-corrected chi connectivity index (χ4v) is 2.75. The Labute approximate surface area is 118 Å². The standard InChI is InChI=1S/C14H12F2N2OS/c1-4-5-18-12-10(16)6-9(15)7-11(12)20-14(18)17-13(19)8(2)3/h1,6-8H,5H2,2-3H3. The van der Waals surface area contributed by atoms with Gasteiger partial charge >= 0.3 is 0 Å². The lowest BCUT2D eigenvalue weighted by Gasteiger charge is -2.01. The van der Waals surface area contributed by atoms with Crippen molar-refractivity contribution in [1.82, 2.24) is 4.57 Å². The molecule has 0 spiro atoms. The summed E-state index contributed by atoms with van der Waals surface area (Å²) in [6.07, 6.45) is 5.26. The van der Waals surface area contributed by atoms with Gasteiger partial charge in [0.25, 0.3) is 5.91 Å². The van der Waals surface area contributed by atoms with E-state index in [1.807, 2.05) is 0 Å². The monoisotopic (exact) mass is 294 g/mol. The molecule has 2 aromatic rings. The zero-order valence-corrected chi connectivity index (χ0v) is 11.8. The summed E-state index contributed by atoms with van der Waals surface area (Å²) in [6.45, 7) is 3.49. The van der Waals surface area contributed by atoms with Gasteiger partial charge in [-0.2, -0.15) is 4.99 Å². The molecule has 0 radical (unpaired) electrons. The Morgan fingerprint density at radius 2 is 2.20 bits per heavy atom. The largest absolute Gasteiger partial charge is 0.302 e. The van der Waals surface area contributed by atoms with Crippen molar-refractivity contribution in [3.05, 3.63) is 28.6 Å². The summed E-state index contributed by atoms with van der Waals surface area (Å²) in [4.78, 5) is 15.9. The molecule has 0 unspecified atom stereocenters. The maximum atomic E-state index is 13.9.